The fourth-order valence-electron chi connectivity index (χ4n) is 1.52. The molecule has 96 valence electrons. The van der Waals surface area contributed by atoms with Crippen molar-refractivity contribution in [3.63, 3.8) is 0 Å². The van der Waals surface area contributed by atoms with Crippen LogP contribution in [0.1, 0.15) is 31.9 Å². The van der Waals surface area contributed by atoms with E-state index in [0.717, 1.165) is 6.07 Å². The SMILES string of the molecule is CC(C)(C)[C@@H](N)Cc1ccccc1C(F)(F)F. The normalized spacial score (nSPS) is 14.8. The number of alkyl halides is 3. The zero-order chi connectivity index (χ0) is 13.3. The van der Waals surface area contributed by atoms with Crippen molar-refractivity contribution in [3.05, 3.63) is 35.4 Å². The van der Waals surface area contributed by atoms with Crippen LogP contribution >= 0.6 is 0 Å². The lowest BCUT2D eigenvalue weighted by Gasteiger charge is -2.28. The van der Waals surface area contributed by atoms with E-state index in [1.807, 2.05) is 20.8 Å². The Bertz CT molecular complexity index is 377. The zero-order valence-corrected chi connectivity index (χ0v) is 10.3. The summed E-state index contributed by atoms with van der Waals surface area (Å²) >= 11 is 0. The van der Waals surface area contributed by atoms with Gasteiger partial charge >= 0.3 is 6.18 Å². The molecule has 1 atom stereocenters. The summed E-state index contributed by atoms with van der Waals surface area (Å²) in [5, 5.41) is 0. The van der Waals surface area contributed by atoms with Crippen LogP contribution in [-0.4, -0.2) is 6.04 Å². The van der Waals surface area contributed by atoms with Gasteiger partial charge in [-0.1, -0.05) is 39.0 Å². The van der Waals surface area contributed by atoms with Gasteiger partial charge in [-0.3, -0.25) is 0 Å². The van der Waals surface area contributed by atoms with Crippen LogP contribution in [0, 0.1) is 5.41 Å². The van der Waals surface area contributed by atoms with Gasteiger partial charge in [-0.25, -0.2) is 0 Å². The second-order valence-electron chi connectivity index (χ2n) is 5.33. The predicted octanol–water partition coefficient (Wildman–Crippen LogP) is 3.62. The first-order valence-electron chi connectivity index (χ1n) is 5.53. The maximum Gasteiger partial charge on any atom is 0.416 e. The number of rotatable bonds is 2. The van der Waals surface area contributed by atoms with E-state index in [-0.39, 0.29) is 23.4 Å². The maximum absolute atomic E-state index is 12.8. The van der Waals surface area contributed by atoms with Crippen molar-refractivity contribution < 1.29 is 13.2 Å². The molecule has 2 N–H and O–H groups in total. The van der Waals surface area contributed by atoms with E-state index in [1.165, 1.54) is 12.1 Å². The van der Waals surface area contributed by atoms with Crippen LogP contribution < -0.4 is 5.73 Å². The lowest BCUT2D eigenvalue weighted by atomic mass is 9.83. The van der Waals surface area contributed by atoms with Gasteiger partial charge in [0.2, 0.25) is 0 Å². The molecule has 0 amide bonds. The number of hydrogen-bond acceptors (Lipinski definition) is 1. The molecule has 0 aliphatic rings. The second-order valence-corrected chi connectivity index (χ2v) is 5.33. The third-order valence-electron chi connectivity index (χ3n) is 2.87. The van der Waals surface area contributed by atoms with Crippen molar-refractivity contribution in [1.82, 2.24) is 0 Å². The largest absolute Gasteiger partial charge is 0.416 e. The van der Waals surface area contributed by atoms with Gasteiger partial charge in [0.15, 0.2) is 0 Å². The van der Waals surface area contributed by atoms with E-state index in [2.05, 4.69) is 0 Å². The van der Waals surface area contributed by atoms with Crippen molar-refractivity contribution in [2.24, 2.45) is 11.1 Å². The van der Waals surface area contributed by atoms with E-state index in [9.17, 15) is 13.2 Å². The van der Waals surface area contributed by atoms with Crippen molar-refractivity contribution in [3.8, 4) is 0 Å². The standard InChI is InChI=1S/C13H18F3N/c1-12(2,3)11(17)8-9-6-4-5-7-10(9)13(14,15)16/h4-7,11H,8,17H2,1-3H3/t11-/m0/s1. The molecule has 0 aliphatic heterocycles. The van der Waals surface area contributed by atoms with E-state index in [0.29, 0.717) is 0 Å². The summed E-state index contributed by atoms with van der Waals surface area (Å²) in [5.41, 5.74) is 5.40. The lowest BCUT2D eigenvalue weighted by Crippen LogP contribution is -2.37. The minimum absolute atomic E-state index is 0.210. The Morgan fingerprint density at radius 3 is 2.12 bits per heavy atom. The summed E-state index contributed by atoms with van der Waals surface area (Å²) < 4.78 is 38.3. The molecule has 0 heterocycles. The molecule has 1 aromatic rings. The third kappa shape index (κ3) is 3.73. The highest BCUT2D eigenvalue weighted by Crippen LogP contribution is 2.33. The topological polar surface area (TPSA) is 26.0 Å². The monoisotopic (exact) mass is 245 g/mol. The molecule has 0 spiro atoms. The molecular formula is C13H18F3N. The third-order valence-corrected chi connectivity index (χ3v) is 2.87. The molecule has 17 heavy (non-hydrogen) atoms. The number of halogens is 3. The van der Waals surface area contributed by atoms with Crippen LogP contribution in [0.25, 0.3) is 0 Å². The van der Waals surface area contributed by atoms with Gasteiger partial charge in [-0.15, -0.1) is 0 Å². The highest BCUT2D eigenvalue weighted by molar-refractivity contribution is 5.30. The van der Waals surface area contributed by atoms with Crippen LogP contribution in [0.5, 0.6) is 0 Å². The van der Waals surface area contributed by atoms with Gasteiger partial charge < -0.3 is 5.73 Å². The van der Waals surface area contributed by atoms with E-state index >= 15 is 0 Å². The van der Waals surface area contributed by atoms with E-state index in [4.69, 9.17) is 5.73 Å². The quantitative estimate of drug-likeness (QED) is 0.846. The first-order valence-corrected chi connectivity index (χ1v) is 5.53. The van der Waals surface area contributed by atoms with Gasteiger partial charge in [0.05, 0.1) is 5.56 Å². The molecule has 0 unspecified atom stereocenters. The van der Waals surface area contributed by atoms with Gasteiger partial charge in [-0.2, -0.15) is 13.2 Å². The maximum atomic E-state index is 12.8. The van der Waals surface area contributed by atoms with E-state index < -0.39 is 11.7 Å². The smallest absolute Gasteiger partial charge is 0.327 e. The predicted molar refractivity (Wildman–Crippen MR) is 62.6 cm³/mol. The fourth-order valence-corrected chi connectivity index (χ4v) is 1.52. The Balaban J connectivity index is 3.00. The number of hydrogen-bond donors (Lipinski definition) is 1. The van der Waals surface area contributed by atoms with E-state index in [1.54, 1.807) is 6.07 Å². The summed E-state index contributed by atoms with van der Waals surface area (Å²) in [7, 11) is 0. The van der Waals surface area contributed by atoms with Crippen LogP contribution in [0.15, 0.2) is 24.3 Å². The Morgan fingerprint density at radius 1 is 1.12 bits per heavy atom. The molecule has 1 nitrogen and oxygen atoms in total. The zero-order valence-electron chi connectivity index (χ0n) is 10.3. The summed E-state index contributed by atoms with van der Waals surface area (Å²) in [6.45, 7) is 5.77. The van der Waals surface area contributed by atoms with Crippen LogP contribution in [0.2, 0.25) is 0 Å². The first-order chi connectivity index (χ1) is 7.62. The van der Waals surface area contributed by atoms with Gasteiger partial charge in [-0.05, 0) is 23.5 Å². The number of nitrogens with two attached hydrogens (primary N) is 1. The Hall–Kier alpha value is -1.03. The Labute approximate surface area is 99.8 Å². The van der Waals surface area contributed by atoms with Crippen LogP contribution in [0.3, 0.4) is 0 Å². The fraction of sp³-hybridized carbons (Fsp3) is 0.538. The van der Waals surface area contributed by atoms with Crippen molar-refractivity contribution in [2.45, 2.75) is 39.4 Å². The minimum atomic E-state index is -4.31. The Kier molecular flexibility index (Phi) is 3.87. The average Bonchev–Trinajstić information content (AvgIpc) is 2.15. The second kappa shape index (κ2) is 4.69. The molecule has 4 heteroatoms. The van der Waals surface area contributed by atoms with Crippen LogP contribution in [-0.2, 0) is 12.6 Å². The minimum Gasteiger partial charge on any atom is -0.327 e. The first kappa shape index (κ1) is 14.0. The molecule has 1 rings (SSSR count). The number of benzene rings is 1. The molecule has 0 bridgehead atoms. The molecule has 0 aliphatic carbocycles. The lowest BCUT2D eigenvalue weighted by molar-refractivity contribution is -0.138. The molecule has 0 radical (unpaired) electrons. The van der Waals surface area contributed by atoms with Gasteiger partial charge in [0.25, 0.3) is 0 Å². The van der Waals surface area contributed by atoms with Gasteiger partial charge in [0, 0.05) is 6.04 Å². The summed E-state index contributed by atoms with van der Waals surface area (Å²) in [4.78, 5) is 0. The summed E-state index contributed by atoms with van der Waals surface area (Å²) in [6.07, 6.45) is -4.08. The summed E-state index contributed by atoms with van der Waals surface area (Å²) in [5.74, 6) is 0. The highest BCUT2D eigenvalue weighted by atomic mass is 19.4. The van der Waals surface area contributed by atoms with Crippen molar-refractivity contribution >= 4 is 0 Å². The molecule has 1 aromatic carbocycles. The molecule has 0 aromatic heterocycles. The van der Waals surface area contributed by atoms with Gasteiger partial charge in [0.1, 0.15) is 0 Å². The molecule has 0 saturated carbocycles. The van der Waals surface area contributed by atoms with Crippen molar-refractivity contribution in [2.75, 3.05) is 0 Å². The van der Waals surface area contributed by atoms with Crippen molar-refractivity contribution in [1.29, 1.82) is 0 Å². The van der Waals surface area contributed by atoms with Crippen LogP contribution in [0.4, 0.5) is 13.2 Å². The molecule has 0 saturated heterocycles. The molecule has 0 fully saturated rings. The Morgan fingerprint density at radius 2 is 1.65 bits per heavy atom. The highest BCUT2D eigenvalue weighted by Gasteiger charge is 2.34. The summed E-state index contributed by atoms with van der Waals surface area (Å²) in [6, 6.07) is 5.31. The molecular weight excluding hydrogens is 227 g/mol. The average molecular weight is 245 g/mol.